The molecule has 0 aliphatic heterocycles. The summed E-state index contributed by atoms with van der Waals surface area (Å²) in [5, 5.41) is 7.15. The van der Waals surface area contributed by atoms with E-state index in [2.05, 4.69) is 144 Å². The molecule has 8 rings (SSSR count). The zero-order valence-corrected chi connectivity index (χ0v) is 21.8. The smallest absolute Gasteiger partial charge is 0.136 e. The van der Waals surface area contributed by atoms with Crippen molar-refractivity contribution in [3.8, 4) is 11.1 Å². The van der Waals surface area contributed by atoms with Gasteiger partial charge in [0.25, 0.3) is 0 Å². The van der Waals surface area contributed by atoms with Crippen molar-refractivity contribution in [2.75, 3.05) is 4.90 Å². The fraction of sp³-hybridized carbons (Fsp3) is 0. The summed E-state index contributed by atoms with van der Waals surface area (Å²) in [7, 11) is 0. The van der Waals surface area contributed by atoms with Crippen molar-refractivity contribution in [3.05, 3.63) is 152 Å². The molecule has 7 aromatic carbocycles. The molecular formula is C38H25NO. The molecule has 0 saturated heterocycles. The SMILES string of the molecule is c1ccc(N(c2ccc(-c3ccc4ccccc4c3)cc2)c2ccc3cc4oc5ccccc5c4cc3c2)cc1. The van der Waals surface area contributed by atoms with Crippen LogP contribution in [0.4, 0.5) is 17.1 Å². The maximum atomic E-state index is 6.14. The first-order valence-electron chi connectivity index (χ1n) is 13.6. The van der Waals surface area contributed by atoms with Crippen molar-refractivity contribution in [2.24, 2.45) is 0 Å². The zero-order valence-electron chi connectivity index (χ0n) is 21.8. The lowest BCUT2D eigenvalue weighted by molar-refractivity contribution is 0.669. The summed E-state index contributed by atoms with van der Waals surface area (Å²) in [5.74, 6) is 0. The molecule has 0 amide bonds. The lowest BCUT2D eigenvalue weighted by Crippen LogP contribution is -2.09. The number of furan rings is 1. The maximum Gasteiger partial charge on any atom is 0.136 e. The predicted molar refractivity (Wildman–Crippen MR) is 169 cm³/mol. The minimum Gasteiger partial charge on any atom is -0.456 e. The van der Waals surface area contributed by atoms with Gasteiger partial charge in [0.2, 0.25) is 0 Å². The van der Waals surface area contributed by atoms with E-state index < -0.39 is 0 Å². The van der Waals surface area contributed by atoms with Crippen LogP contribution >= 0.6 is 0 Å². The van der Waals surface area contributed by atoms with Gasteiger partial charge in [-0.1, -0.05) is 91.0 Å². The van der Waals surface area contributed by atoms with Crippen LogP contribution in [0.25, 0.3) is 54.6 Å². The number of para-hydroxylation sites is 2. The molecule has 2 nitrogen and oxygen atoms in total. The molecule has 0 spiro atoms. The summed E-state index contributed by atoms with van der Waals surface area (Å²) < 4.78 is 6.14. The van der Waals surface area contributed by atoms with E-state index in [4.69, 9.17) is 4.42 Å². The quantitative estimate of drug-likeness (QED) is 0.234. The Bertz CT molecular complexity index is 2160. The van der Waals surface area contributed by atoms with E-state index in [0.717, 1.165) is 44.4 Å². The average Bonchev–Trinajstić information content (AvgIpc) is 3.38. The number of hydrogen-bond donors (Lipinski definition) is 0. The lowest BCUT2D eigenvalue weighted by Gasteiger charge is -2.26. The number of hydrogen-bond acceptors (Lipinski definition) is 2. The highest BCUT2D eigenvalue weighted by atomic mass is 16.3. The minimum absolute atomic E-state index is 0.922. The Kier molecular flexibility index (Phi) is 5.17. The van der Waals surface area contributed by atoms with Gasteiger partial charge in [0.15, 0.2) is 0 Å². The molecule has 0 fully saturated rings. The molecule has 1 aromatic heterocycles. The minimum atomic E-state index is 0.922. The van der Waals surface area contributed by atoms with Crippen LogP contribution in [0.15, 0.2) is 156 Å². The average molecular weight is 512 g/mol. The van der Waals surface area contributed by atoms with Crippen molar-refractivity contribution >= 4 is 60.5 Å². The number of anilines is 3. The Balaban J connectivity index is 1.24. The van der Waals surface area contributed by atoms with Gasteiger partial charge in [0.05, 0.1) is 0 Å². The standard InChI is InChI=1S/C38H25NO/c1-2-10-32(11-3-1)39(33-19-16-27(17-20-33)29-15-14-26-8-4-5-9-28(26)22-29)34-21-18-30-25-38-36(24-31(30)23-34)35-12-6-7-13-37(35)40-38/h1-25H. The van der Waals surface area contributed by atoms with Crippen molar-refractivity contribution in [3.63, 3.8) is 0 Å². The molecule has 1 heterocycles. The summed E-state index contributed by atoms with van der Waals surface area (Å²) in [6.45, 7) is 0. The Morgan fingerprint density at radius 2 is 1.00 bits per heavy atom. The van der Waals surface area contributed by atoms with Gasteiger partial charge in [-0.05, 0) is 93.3 Å². The van der Waals surface area contributed by atoms with E-state index in [1.54, 1.807) is 0 Å². The van der Waals surface area contributed by atoms with E-state index in [1.165, 1.54) is 27.3 Å². The maximum absolute atomic E-state index is 6.14. The second-order valence-electron chi connectivity index (χ2n) is 10.3. The molecule has 0 unspecified atom stereocenters. The summed E-state index contributed by atoms with van der Waals surface area (Å²) in [6, 6.07) is 53.9. The Morgan fingerprint density at radius 1 is 0.350 bits per heavy atom. The van der Waals surface area contributed by atoms with Crippen LogP contribution < -0.4 is 4.90 Å². The van der Waals surface area contributed by atoms with Gasteiger partial charge in [0.1, 0.15) is 11.2 Å². The van der Waals surface area contributed by atoms with Gasteiger partial charge in [-0.3, -0.25) is 0 Å². The molecule has 0 radical (unpaired) electrons. The van der Waals surface area contributed by atoms with Crippen LogP contribution in [0, 0.1) is 0 Å². The first-order chi connectivity index (χ1) is 19.8. The van der Waals surface area contributed by atoms with Crippen molar-refractivity contribution in [1.82, 2.24) is 0 Å². The fourth-order valence-electron chi connectivity index (χ4n) is 5.79. The molecule has 0 aliphatic rings. The second-order valence-corrected chi connectivity index (χ2v) is 10.3. The molecule has 0 aliphatic carbocycles. The Labute approximate surface area is 232 Å². The molecule has 0 saturated carbocycles. The number of rotatable bonds is 4. The van der Waals surface area contributed by atoms with Crippen LogP contribution in [0.5, 0.6) is 0 Å². The van der Waals surface area contributed by atoms with Gasteiger partial charge >= 0.3 is 0 Å². The van der Waals surface area contributed by atoms with Crippen LogP contribution in [0.2, 0.25) is 0 Å². The van der Waals surface area contributed by atoms with Crippen LogP contribution in [0.3, 0.4) is 0 Å². The highest BCUT2D eigenvalue weighted by molar-refractivity contribution is 6.10. The van der Waals surface area contributed by atoms with E-state index in [0.29, 0.717) is 0 Å². The molecule has 2 heteroatoms. The van der Waals surface area contributed by atoms with Gasteiger partial charge < -0.3 is 9.32 Å². The molecule has 0 atom stereocenters. The van der Waals surface area contributed by atoms with E-state index >= 15 is 0 Å². The number of fused-ring (bicyclic) bond motifs is 5. The van der Waals surface area contributed by atoms with Crippen molar-refractivity contribution < 1.29 is 4.42 Å². The van der Waals surface area contributed by atoms with E-state index in [1.807, 2.05) is 12.1 Å². The summed E-state index contributed by atoms with van der Waals surface area (Å²) in [4.78, 5) is 2.32. The summed E-state index contributed by atoms with van der Waals surface area (Å²) in [6.07, 6.45) is 0. The van der Waals surface area contributed by atoms with E-state index in [-0.39, 0.29) is 0 Å². The van der Waals surface area contributed by atoms with Crippen molar-refractivity contribution in [2.45, 2.75) is 0 Å². The highest BCUT2D eigenvalue weighted by Crippen LogP contribution is 2.39. The summed E-state index contributed by atoms with van der Waals surface area (Å²) >= 11 is 0. The monoisotopic (exact) mass is 511 g/mol. The van der Waals surface area contributed by atoms with Gasteiger partial charge in [-0.25, -0.2) is 0 Å². The normalized spacial score (nSPS) is 11.5. The predicted octanol–water partition coefficient (Wildman–Crippen LogP) is 11.0. The van der Waals surface area contributed by atoms with Crippen molar-refractivity contribution in [1.29, 1.82) is 0 Å². The van der Waals surface area contributed by atoms with Crippen LogP contribution in [-0.2, 0) is 0 Å². The molecule has 0 bridgehead atoms. The largest absolute Gasteiger partial charge is 0.456 e. The molecule has 8 aromatic rings. The molecule has 0 N–H and O–H groups in total. The second kappa shape index (κ2) is 9.14. The first-order valence-corrected chi connectivity index (χ1v) is 13.6. The highest BCUT2D eigenvalue weighted by Gasteiger charge is 2.15. The molecule has 40 heavy (non-hydrogen) atoms. The fourth-order valence-corrected chi connectivity index (χ4v) is 5.79. The Hall–Kier alpha value is -5.34. The summed E-state index contributed by atoms with van der Waals surface area (Å²) in [5.41, 5.74) is 7.62. The Morgan fingerprint density at radius 3 is 1.88 bits per heavy atom. The number of nitrogens with zero attached hydrogens (tertiary/aromatic N) is 1. The zero-order chi connectivity index (χ0) is 26.5. The first kappa shape index (κ1) is 22.6. The topological polar surface area (TPSA) is 16.4 Å². The van der Waals surface area contributed by atoms with Crippen LogP contribution in [-0.4, -0.2) is 0 Å². The molecule has 188 valence electrons. The van der Waals surface area contributed by atoms with E-state index in [9.17, 15) is 0 Å². The lowest BCUT2D eigenvalue weighted by atomic mass is 10.0. The third kappa shape index (κ3) is 3.81. The number of benzene rings is 7. The van der Waals surface area contributed by atoms with Gasteiger partial charge in [0, 0.05) is 27.8 Å². The van der Waals surface area contributed by atoms with Gasteiger partial charge in [-0.15, -0.1) is 0 Å². The third-order valence-electron chi connectivity index (χ3n) is 7.80. The molecular weight excluding hydrogens is 486 g/mol. The van der Waals surface area contributed by atoms with Gasteiger partial charge in [-0.2, -0.15) is 0 Å². The third-order valence-corrected chi connectivity index (χ3v) is 7.80. The van der Waals surface area contributed by atoms with Crippen LogP contribution in [0.1, 0.15) is 0 Å².